The molecule has 2 rings (SSSR count). The van der Waals surface area contributed by atoms with Crippen molar-refractivity contribution in [1.29, 1.82) is 0 Å². The standard InChI is InChI=1S/C14H19N3O3/c1-9-7-10(2)13(17(19)20)8-12(9)16-14(18)11-5-3-4-6-15-11/h7-8,11,15H,3-6H2,1-2H3,(H,16,18)/t11-/m0/s1. The van der Waals surface area contributed by atoms with Crippen molar-refractivity contribution in [2.45, 2.75) is 39.2 Å². The van der Waals surface area contributed by atoms with E-state index in [1.807, 2.05) is 6.92 Å². The average molecular weight is 277 g/mol. The van der Waals surface area contributed by atoms with Gasteiger partial charge in [0.05, 0.1) is 16.7 Å². The average Bonchev–Trinajstić information content (AvgIpc) is 2.42. The van der Waals surface area contributed by atoms with Gasteiger partial charge in [-0.25, -0.2) is 0 Å². The van der Waals surface area contributed by atoms with Crippen molar-refractivity contribution in [1.82, 2.24) is 5.32 Å². The zero-order valence-electron chi connectivity index (χ0n) is 11.7. The molecule has 6 heteroatoms. The smallest absolute Gasteiger partial charge is 0.274 e. The lowest BCUT2D eigenvalue weighted by atomic mass is 10.0. The van der Waals surface area contributed by atoms with Gasteiger partial charge < -0.3 is 10.6 Å². The Balaban J connectivity index is 2.18. The molecule has 1 aliphatic heterocycles. The molecule has 0 aliphatic carbocycles. The molecule has 1 aromatic carbocycles. The molecule has 1 aliphatic rings. The Kier molecular flexibility index (Phi) is 4.34. The number of aryl methyl sites for hydroxylation is 2. The zero-order chi connectivity index (χ0) is 14.7. The van der Waals surface area contributed by atoms with E-state index in [-0.39, 0.29) is 17.6 Å². The number of piperidine rings is 1. The summed E-state index contributed by atoms with van der Waals surface area (Å²) < 4.78 is 0. The molecule has 1 atom stereocenters. The molecule has 2 N–H and O–H groups in total. The lowest BCUT2D eigenvalue weighted by molar-refractivity contribution is -0.385. The van der Waals surface area contributed by atoms with Gasteiger partial charge in [-0.3, -0.25) is 14.9 Å². The van der Waals surface area contributed by atoms with E-state index in [2.05, 4.69) is 10.6 Å². The maximum Gasteiger partial charge on any atom is 0.274 e. The number of nitrogens with one attached hydrogen (secondary N) is 2. The molecule has 0 spiro atoms. The molecule has 0 unspecified atom stereocenters. The minimum absolute atomic E-state index is 0.0301. The summed E-state index contributed by atoms with van der Waals surface area (Å²) in [5.41, 5.74) is 1.97. The number of nitrogens with zero attached hydrogens (tertiary/aromatic N) is 1. The molecule has 0 bridgehead atoms. The predicted molar refractivity (Wildman–Crippen MR) is 76.8 cm³/mol. The molecule has 0 aromatic heterocycles. The van der Waals surface area contributed by atoms with Gasteiger partial charge in [-0.15, -0.1) is 0 Å². The summed E-state index contributed by atoms with van der Waals surface area (Å²) in [5, 5.41) is 16.9. The van der Waals surface area contributed by atoms with Crippen LogP contribution in [0.25, 0.3) is 0 Å². The lowest BCUT2D eigenvalue weighted by Gasteiger charge is -2.23. The maximum absolute atomic E-state index is 12.1. The fourth-order valence-electron chi connectivity index (χ4n) is 2.47. The van der Waals surface area contributed by atoms with Crippen molar-refractivity contribution in [2.75, 3.05) is 11.9 Å². The summed E-state index contributed by atoms with van der Waals surface area (Å²) in [7, 11) is 0. The van der Waals surface area contributed by atoms with Gasteiger partial charge >= 0.3 is 0 Å². The van der Waals surface area contributed by atoms with Crippen molar-refractivity contribution in [3.8, 4) is 0 Å². The second-order valence-corrected chi connectivity index (χ2v) is 5.20. The Morgan fingerprint density at radius 2 is 2.10 bits per heavy atom. The van der Waals surface area contributed by atoms with E-state index in [4.69, 9.17) is 0 Å². The van der Waals surface area contributed by atoms with Gasteiger partial charge in [0.15, 0.2) is 0 Å². The zero-order valence-corrected chi connectivity index (χ0v) is 11.7. The number of carbonyl (C=O) groups is 1. The number of rotatable bonds is 3. The molecule has 1 saturated heterocycles. The van der Waals surface area contributed by atoms with Crippen molar-refractivity contribution in [3.05, 3.63) is 33.4 Å². The Morgan fingerprint density at radius 1 is 1.35 bits per heavy atom. The molecular formula is C14H19N3O3. The highest BCUT2D eigenvalue weighted by Gasteiger charge is 2.22. The Morgan fingerprint density at radius 3 is 2.70 bits per heavy atom. The van der Waals surface area contributed by atoms with E-state index < -0.39 is 4.92 Å². The molecule has 108 valence electrons. The van der Waals surface area contributed by atoms with Crippen LogP contribution in [0.3, 0.4) is 0 Å². The molecule has 1 heterocycles. The first kappa shape index (κ1) is 14.5. The number of amides is 1. The second kappa shape index (κ2) is 6.00. The van der Waals surface area contributed by atoms with E-state index >= 15 is 0 Å². The fourth-order valence-corrected chi connectivity index (χ4v) is 2.47. The van der Waals surface area contributed by atoms with Crippen LogP contribution < -0.4 is 10.6 Å². The van der Waals surface area contributed by atoms with Crippen molar-refractivity contribution < 1.29 is 9.72 Å². The molecular weight excluding hydrogens is 258 g/mol. The minimum atomic E-state index is -0.427. The third-order valence-corrected chi connectivity index (χ3v) is 3.62. The van der Waals surface area contributed by atoms with Crippen LogP contribution in [0.1, 0.15) is 30.4 Å². The van der Waals surface area contributed by atoms with E-state index in [1.165, 1.54) is 6.07 Å². The normalized spacial score (nSPS) is 18.6. The third kappa shape index (κ3) is 3.14. The van der Waals surface area contributed by atoms with Crippen LogP contribution in [0.5, 0.6) is 0 Å². The van der Waals surface area contributed by atoms with Crippen LogP contribution in [-0.2, 0) is 4.79 Å². The molecule has 0 radical (unpaired) electrons. The van der Waals surface area contributed by atoms with Gasteiger partial charge in [-0.05, 0) is 44.9 Å². The topological polar surface area (TPSA) is 84.3 Å². The van der Waals surface area contributed by atoms with E-state index in [1.54, 1.807) is 13.0 Å². The summed E-state index contributed by atoms with van der Waals surface area (Å²) in [6, 6.07) is 2.96. The Labute approximate surface area is 117 Å². The first-order chi connectivity index (χ1) is 9.49. The van der Waals surface area contributed by atoms with Crippen molar-refractivity contribution in [2.24, 2.45) is 0 Å². The maximum atomic E-state index is 12.1. The number of nitro groups is 1. The van der Waals surface area contributed by atoms with Crippen LogP contribution in [0.4, 0.5) is 11.4 Å². The van der Waals surface area contributed by atoms with Crippen molar-refractivity contribution >= 4 is 17.3 Å². The number of anilines is 1. The molecule has 20 heavy (non-hydrogen) atoms. The van der Waals surface area contributed by atoms with Crippen LogP contribution >= 0.6 is 0 Å². The van der Waals surface area contributed by atoms with Gasteiger partial charge in [0.2, 0.25) is 5.91 Å². The highest BCUT2D eigenvalue weighted by atomic mass is 16.6. The third-order valence-electron chi connectivity index (χ3n) is 3.62. The first-order valence-corrected chi connectivity index (χ1v) is 6.79. The van der Waals surface area contributed by atoms with Gasteiger partial charge in [-0.2, -0.15) is 0 Å². The SMILES string of the molecule is Cc1cc(C)c([N+](=O)[O-])cc1NC(=O)[C@@H]1CCCCN1. The lowest BCUT2D eigenvalue weighted by Crippen LogP contribution is -2.43. The molecule has 0 saturated carbocycles. The number of benzene rings is 1. The highest BCUT2D eigenvalue weighted by Crippen LogP contribution is 2.26. The second-order valence-electron chi connectivity index (χ2n) is 5.20. The summed E-state index contributed by atoms with van der Waals surface area (Å²) in [4.78, 5) is 22.7. The van der Waals surface area contributed by atoms with E-state index in [0.29, 0.717) is 11.3 Å². The summed E-state index contributed by atoms with van der Waals surface area (Å²) in [5.74, 6) is -0.119. The summed E-state index contributed by atoms with van der Waals surface area (Å²) >= 11 is 0. The van der Waals surface area contributed by atoms with Gasteiger partial charge in [0.25, 0.3) is 5.69 Å². The van der Waals surface area contributed by atoms with Gasteiger partial charge in [0.1, 0.15) is 0 Å². The highest BCUT2D eigenvalue weighted by molar-refractivity contribution is 5.95. The molecule has 1 fully saturated rings. The molecule has 1 amide bonds. The first-order valence-electron chi connectivity index (χ1n) is 6.79. The monoisotopic (exact) mass is 277 g/mol. The summed E-state index contributed by atoms with van der Waals surface area (Å²) in [6.45, 7) is 4.37. The minimum Gasteiger partial charge on any atom is -0.324 e. The van der Waals surface area contributed by atoms with Crippen LogP contribution in [0, 0.1) is 24.0 Å². The quantitative estimate of drug-likeness (QED) is 0.655. The molecule has 1 aromatic rings. The van der Waals surface area contributed by atoms with Crippen LogP contribution in [-0.4, -0.2) is 23.4 Å². The number of nitro benzene ring substituents is 1. The van der Waals surface area contributed by atoms with Crippen LogP contribution in [0.15, 0.2) is 12.1 Å². The fraction of sp³-hybridized carbons (Fsp3) is 0.500. The predicted octanol–water partition coefficient (Wildman–Crippen LogP) is 2.29. The van der Waals surface area contributed by atoms with E-state index in [9.17, 15) is 14.9 Å². The number of carbonyl (C=O) groups excluding carboxylic acids is 1. The Hall–Kier alpha value is -1.95. The number of hydrogen-bond donors (Lipinski definition) is 2. The number of hydrogen-bond acceptors (Lipinski definition) is 4. The Bertz CT molecular complexity index is 537. The summed E-state index contributed by atoms with van der Waals surface area (Å²) in [6.07, 6.45) is 2.91. The largest absolute Gasteiger partial charge is 0.324 e. The molecule has 6 nitrogen and oxygen atoms in total. The van der Waals surface area contributed by atoms with E-state index in [0.717, 1.165) is 31.4 Å². The van der Waals surface area contributed by atoms with Crippen molar-refractivity contribution in [3.63, 3.8) is 0 Å². The van der Waals surface area contributed by atoms with Gasteiger partial charge in [-0.1, -0.05) is 6.42 Å². The van der Waals surface area contributed by atoms with Gasteiger partial charge in [0, 0.05) is 11.6 Å². The van der Waals surface area contributed by atoms with Crippen LogP contribution in [0.2, 0.25) is 0 Å².